The molecule has 1 unspecified atom stereocenters. The first kappa shape index (κ1) is 28.2. The number of rotatable bonds is 10. The van der Waals surface area contributed by atoms with Gasteiger partial charge in [0.2, 0.25) is 5.91 Å². The minimum atomic E-state index is -2.23. The van der Waals surface area contributed by atoms with Crippen LogP contribution in [0.5, 0.6) is 0 Å². The highest BCUT2D eigenvalue weighted by atomic mass is 28.4. The summed E-state index contributed by atoms with van der Waals surface area (Å²) in [6.07, 6.45) is 2.27. The van der Waals surface area contributed by atoms with Gasteiger partial charge in [0.05, 0.1) is 24.7 Å². The van der Waals surface area contributed by atoms with Crippen LogP contribution >= 0.6 is 0 Å². The number of carboxylic acids is 1. The van der Waals surface area contributed by atoms with Crippen LogP contribution in [0.1, 0.15) is 53.9 Å². The van der Waals surface area contributed by atoms with Crippen molar-refractivity contribution < 1.29 is 28.6 Å². The largest absolute Gasteiger partial charge is 0.481 e. The molecule has 0 radical (unpaired) electrons. The molecular weight excluding hydrogens is 453 g/mol. The lowest BCUT2D eigenvalue weighted by atomic mass is 9.88. The van der Waals surface area contributed by atoms with Crippen molar-refractivity contribution in [3.63, 3.8) is 0 Å². The summed E-state index contributed by atoms with van der Waals surface area (Å²) in [6, 6.07) is 5.55. The lowest BCUT2D eigenvalue weighted by molar-refractivity contribution is -0.139. The van der Waals surface area contributed by atoms with E-state index in [1.165, 1.54) is 12.1 Å². The smallest absolute Gasteiger partial charge is 0.305 e. The van der Waals surface area contributed by atoms with Crippen molar-refractivity contribution in [1.82, 2.24) is 0 Å². The van der Waals surface area contributed by atoms with Gasteiger partial charge in [-0.25, -0.2) is 4.39 Å². The molecule has 34 heavy (non-hydrogen) atoms. The Kier molecular flexibility index (Phi) is 9.24. The number of aliphatic hydroxyl groups excluding tert-OH is 1. The first-order valence-electron chi connectivity index (χ1n) is 12.0. The van der Waals surface area contributed by atoms with Crippen LogP contribution in [0, 0.1) is 17.7 Å². The minimum Gasteiger partial charge on any atom is -0.481 e. The fraction of sp³-hybridized carbons (Fsp3) is 0.615. The summed E-state index contributed by atoms with van der Waals surface area (Å²) in [7, 11) is -2.23. The SMILES string of the molecule is CC(C)[C@@H]1CC(=O)N(c2ccc(F)cc2)[C@H]1C=CC(O)C[C@H](CC(=O)O)O[Si](C)(C)C(C)(C)C. The van der Waals surface area contributed by atoms with Crippen LogP contribution in [-0.2, 0) is 14.0 Å². The van der Waals surface area contributed by atoms with Crippen LogP contribution < -0.4 is 4.90 Å². The Balaban J connectivity index is 2.23. The van der Waals surface area contributed by atoms with Crippen molar-refractivity contribution in [2.45, 2.75) is 90.3 Å². The molecule has 0 bridgehead atoms. The molecule has 0 aliphatic carbocycles. The zero-order chi connectivity index (χ0) is 25.8. The van der Waals surface area contributed by atoms with E-state index in [-0.39, 0.29) is 47.5 Å². The summed E-state index contributed by atoms with van der Waals surface area (Å²) in [5.41, 5.74) is 0.615. The molecule has 8 heteroatoms. The zero-order valence-electron chi connectivity index (χ0n) is 21.4. The van der Waals surface area contributed by atoms with Gasteiger partial charge in [-0.15, -0.1) is 0 Å². The molecule has 0 saturated carbocycles. The number of carbonyl (C=O) groups is 2. The summed E-state index contributed by atoms with van der Waals surface area (Å²) in [5, 5.41) is 20.1. The van der Waals surface area contributed by atoms with Crippen molar-refractivity contribution in [2.24, 2.45) is 11.8 Å². The van der Waals surface area contributed by atoms with Gasteiger partial charge in [0.15, 0.2) is 8.32 Å². The van der Waals surface area contributed by atoms with Crippen molar-refractivity contribution in [1.29, 1.82) is 0 Å². The lowest BCUT2D eigenvalue weighted by Gasteiger charge is -2.39. The number of amides is 1. The minimum absolute atomic E-state index is 0.0410. The van der Waals surface area contributed by atoms with E-state index in [9.17, 15) is 24.2 Å². The maximum Gasteiger partial charge on any atom is 0.305 e. The van der Waals surface area contributed by atoms with Gasteiger partial charge in [0.25, 0.3) is 0 Å². The van der Waals surface area contributed by atoms with E-state index >= 15 is 0 Å². The first-order valence-corrected chi connectivity index (χ1v) is 14.9. The highest BCUT2D eigenvalue weighted by Crippen LogP contribution is 2.39. The molecular formula is C26H40FNO5Si. The maximum atomic E-state index is 13.4. The molecule has 2 rings (SSSR count). The molecule has 1 heterocycles. The maximum absolute atomic E-state index is 13.4. The second-order valence-electron chi connectivity index (χ2n) is 11.1. The summed E-state index contributed by atoms with van der Waals surface area (Å²) < 4.78 is 19.7. The van der Waals surface area contributed by atoms with Crippen LogP contribution in [0.25, 0.3) is 0 Å². The molecule has 1 aliphatic heterocycles. The number of benzene rings is 1. The number of nitrogens with zero attached hydrogens (tertiary/aromatic N) is 1. The molecule has 0 spiro atoms. The van der Waals surface area contributed by atoms with Crippen LogP contribution in [-0.4, -0.2) is 48.7 Å². The van der Waals surface area contributed by atoms with Gasteiger partial charge in [-0.3, -0.25) is 9.59 Å². The van der Waals surface area contributed by atoms with Crippen LogP contribution in [0.3, 0.4) is 0 Å². The molecule has 1 aromatic rings. The van der Waals surface area contributed by atoms with Crippen LogP contribution in [0.15, 0.2) is 36.4 Å². The van der Waals surface area contributed by atoms with Gasteiger partial charge in [-0.05, 0) is 54.2 Å². The highest BCUT2D eigenvalue weighted by Gasteiger charge is 2.41. The Morgan fingerprint density at radius 1 is 1.26 bits per heavy atom. The van der Waals surface area contributed by atoms with Gasteiger partial charge < -0.3 is 19.5 Å². The third-order valence-electron chi connectivity index (χ3n) is 7.08. The van der Waals surface area contributed by atoms with E-state index in [2.05, 4.69) is 47.7 Å². The number of aliphatic hydroxyl groups is 1. The normalized spacial score (nSPS) is 21.5. The second kappa shape index (κ2) is 11.1. The van der Waals surface area contributed by atoms with Crippen molar-refractivity contribution in [3.05, 3.63) is 42.2 Å². The molecule has 1 aliphatic rings. The van der Waals surface area contributed by atoms with Gasteiger partial charge in [-0.2, -0.15) is 0 Å². The fourth-order valence-corrected chi connectivity index (χ4v) is 5.47. The number of carbonyl (C=O) groups excluding carboxylic acids is 1. The van der Waals surface area contributed by atoms with E-state index in [4.69, 9.17) is 4.43 Å². The zero-order valence-corrected chi connectivity index (χ0v) is 22.4. The summed E-state index contributed by atoms with van der Waals surface area (Å²) in [4.78, 5) is 25.9. The molecule has 190 valence electrons. The lowest BCUT2D eigenvalue weighted by Crippen LogP contribution is -2.45. The Bertz CT molecular complexity index is 878. The van der Waals surface area contributed by atoms with Crippen molar-refractivity contribution >= 4 is 25.9 Å². The number of aliphatic carboxylic acids is 1. The van der Waals surface area contributed by atoms with Crippen molar-refractivity contribution in [2.75, 3.05) is 4.90 Å². The Labute approximate surface area is 203 Å². The number of carboxylic acid groups (broad SMARTS) is 1. The van der Waals surface area contributed by atoms with Gasteiger partial charge in [0.1, 0.15) is 5.82 Å². The molecule has 1 amide bonds. The average Bonchev–Trinajstić information content (AvgIpc) is 3.02. The summed E-state index contributed by atoms with van der Waals surface area (Å²) in [5.74, 6) is -1.12. The molecule has 4 atom stereocenters. The van der Waals surface area contributed by atoms with Gasteiger partial charge in [-0.1, -0.05) is 46.8 Å². The Morgan fingerprint density at radius 2 is 1.85 bits per heavy atom. The quantitative estimate of drug-likeness (QED) is 0.338. The molecule has 1 fully saturated rings. The standard InChI is InChI=1S/C26H40FNO5Si/c1-17(2)22-16-24(30)28(19-10-8-18(27)9-11-19)23(22)13-12-20(29)14-21(15-25(31)32)33-34(6,7)26(3,4)5/h8-13,17,20-23,29H,14-16H2,1-7H3,(H,31,32)/t20?,21-,22+,23+/m1/s1. The molecule has 1 saturated heterocycles. The monoisotopic (exact) mass is 493 g/mol. The molecule has 0 aromatic heterocycles. The average molecular weight is 494 g/mol. The van der Waals surface area contributed by atoms with Crippen LogP contribution in [0.2, 0.25) is 18.1 Å². The molecule has 6 nitrogen and oxygen atoms in total. The topological polar surface area (TPSA) is 87.1 Å². The third-order valence-corrected chi connectivity index (χ3v) is 11.6. The van der Waals surface area contributed by atoms with E-state index < -0.39 is 26.5 Å². The van der Waals surface area contributed by atoms with Crippen molar-refractivity contribution in [3.8, 4) is 0 Å². The predicted molar refractivity (Wildman–Crippen MR) is 135 cm³/mol. The van der Waals surface area contributed by atoms with E-state index in [0.29, 0.717) is 12.1 Å². The predicted octanol–water partition coefficient (Wildman–Crippen LogP) is 5.38. The van der Waals surface area contributed by atoms with Gasteiger partial charge >= 0.3 is 5.97 Å². The highest BCUT2D eigenvalue weighted by molar-refractivity contribution is 6.74. The number of anilines is 1. The number of hydrogen-bond donors (Lipinski definition) is 2. The summed E-state index contributed by atoms with van der Waals surface area (Å²) >= 11 is 0. The number of halogens is 1. The van der Waals surface area contributed by atoms with E-state index in [1.54, 1.807) is 23.1 Å². The number of hydrogen-bond acceptors (Lipinski definition) is 4. The van der Waals surface area contributed by atoms with Gasteiger partial charge in [0, 0.05) is 18.5 Å². The fourth-order valence-electron chi connectivity index (χ4n) is 4.11. The van der Waals surface area contributed by atoms with E-state index in [1.807, 2.05) is 6.08 Å². The van der Waals surface area contributed by atoms with E-state index in [0.717, 1.165) is 0 Å². The third kappa shape index (κ3) is 7.23. The Morgan fingerprint density at radius 3 is 2.35 bits per heavy atom. The molecule has 2 N–H and O–H groups in total. The molecule has 1 aromatic carbocycles. The summed E-state index contributed by atoms with van der Waals surface area (Å²) in [6.45, 7) is 14.5. The first-order chi connectivity index (χ1) is 15.6. The van der Waals surface area contributed by atoms with Crippen LogP contribution in [0.4, 0.5) is 10.1 Å². The Hall–Kier alpha value is -2.03. The second-order valence-corrected chi connectivity index (χ2v) is 15.9.